The van der Waals surface area contributed by atoms with Gasteiger partial charge in [-0.05, 0) is 36.6 Å². The highest BCUT2D eigenvalue weighted by Crippen LogP contribution is 2.38. The van der Waals surface area contributed by atoms with E-state index >= 15 is 0 Å². The minimum Gasteiger partial charge on any atom is -0.493 e. The quantitative estimate of drug-likeness (QED) is 0.177. The highest BCUT2D eigenvalue weighted by Gasteiger charge is 2.33. The molecule has 158 valence electrons. The Kier molecular flexibility index (Phi) is 7.84. The number of ether oxygens (including phenoxy) is 3. The standard InChI is InChI=1S/C19H25N3O7/c1-27-14-10-12(11-15(28-2)17(14)29-3)9-13-18(24)22(19(25)20-13)8-6-4-5-7-16(23)21-26/h9-11,26H,4-8H2,1-3H3,(H,20,25)(H,21,23). The molecule has 0 aliphatic carbocycles. The first-order chi connectivity index (χ1) is 13.9. The van der Waals surface area contributed by atoms with E-state index in [0.29, 0.717) is 42.1 Å². The van der Waals surface area contributed by atoms with Crippen molar-refractivity contribution in [2.24, 2.45) is 0 Å². The second-order valence-corrected chi connectivity index (χ2v) is 6.25. The summed E-state index contributed by atoms with van der Waals surface area (Å²) in [5.74, 6) is 0.390. The Hall–Kier alpha value is -3.27. The number of benzene rings is 1. The van der Waals surface area contributed by atoms with Crippen LogP contribution < -0.4 is 25.0 Å². The maximum Gasteiger partial charge on any atom is 0.329 e. The third kappa shape index (κ3) is 5.38. The Balaban J connectivity index is 2.07. The lowest BCUT2D eigenvalue weighted by molar-refractivity contribution is -0.129. The largest absolute Gasteiger partial charge is 0.493 e. The molecule has 0 unspecified atom stereocenters. The maximum absolute atomic E-state index is 12.6. The molecule has 1 aromatic carbocycles. The molecule has 10 heteroatoms. The molecular formula is C19H25N3O7. The molecule has 10 nitrogen and oxygen atoms in total. The van der Waals surface area contributed by atoms with E-state index in [9.17, 15) is 14.4 Å². The summed E-state index contributed by atoms with van der Waals surface area (Å²) in [4.78, 5) is 36.8. The van der Waals surface area contributed by atoms with E-state index in [0.717, 1.165) is 4.90 Å². The first kappa shape index (κ1) is 22.0. The molecule has 0 radical (unpaired) electrons. The van der Waals surface area contributed by atoms with Crippen LogP contribution in [0.1, 0.15) is 31.2 Å². The Morgan fingerprint density at radius 3 is 2.31 bits per heavy atom. The average molecular weight is 407 g/mol. The number of hydrogen-bond acceptors (Lipinski definition) is 7. The van der Waals surface area contributed by atoms with Crippen molar-refractivity contribution in [3.05, 3.63) is 23.4 Å². The van der Waals surface area contributed by atoms with Crippen LogP contribution in [-0.4, -0.2) is 55.8 Å². The van der Waals surface area contributed by atoms with E-state index in [1.54, 1.807) is 17.6 Å². The van der Waals surface area contributed by atoms with Crippen molar-refractivity contribution in [1.82, 2.24) is 15.7 Å². The number of hydroxylamine groups is 1. The summed E-state index contributed by atoms with van der Waals surface area (Å²) in [7, 11) is 4.47. The molecule has 4 amide bonds. The van der Waals surface area contributed by atoms with Crippen molar-refractivity contribution < 1.29 is 33.8 Å². The summed E-state index contributed by atoms with van der Waals surface area (Å²) in [6, 6.07) is 2.84. The summed E-state index contributed by atoms with van der Waals surface area (Å²) in [5, 5.41) is 11.0. The van der Waals surface area contributed by atoms with Gasteiger partial charge in [-0.15, -0.1) is 0 Å². The van der Waals surface area contributed by atoms with Crippen molar-refractivity contribution in [1.29, 1.82) is 0 Å². The molecule has 0 atom stereocenters. The molecule has 1 aliphatic rings. The van der Waals surface area contributed by atoms with Gasteiger partial charge in [0.1, 0.15) is 5.70 Å². The topological polar surface area (TPSA) is 126 Å². The molecule has 1 fully saturated rings. The first-order valence-corrected chi connectivity index (χ1v) is 9.02. The Bertz CT molecular complexity index is 782. The minimum atomic E-state index is -0.498. The van der Waals surface area contributed by atoms with E-state index in [4.69, 9.17) is 19.4 Å². The molecule has 0 spiro atoms. The predicted molar refractivity (Wildman–Crippen MR) is 103 cm³/mol. The number of carbonyl (C=O) groups excluding carboxylic acids is 3. The number of unbranched alkanes of at least 4 members (excludes halogenated alkanes) is 2. The van der Waals surface area contributed by atoms with Crippen molar-refractivity contribution >= 4 is 23.9 Å². The molecule has 1 saturated heterocycles. The van der Waals surface area contributed by atoms with E-state index in [1.807, 2.05) is 0 Å². The number of urea groups is 1. The summed E-state index contributed by atoms with van der Waals surface area (Å²) in [5.41, 5.74) is 2.30. The van der Waals surface area contributed by atoms with Crippen LogP contribution in [0, 0.1) is 0 Å². The summed E-state index contributed by atoms with van der Waals surface area (Å²) < 4.78 is 15.9. The Labute approximate surface area is 168 Å². The summed E-state index contributed by atoms with van der Waals surface area (Å²) in [6.07, 6.45) is 3.45. The molecule has 29 heavy (non-hydrogen) atoms. The fraction of sp³-hybridized carbons (Fsp3) is 0.421. The second kappa shape index (κ2) is 10.3. The lowest BCUT2D eigenvalue weighted by Crippen LogP contribution is -2.31. The van der Waals surface area contributed by atoms with Gasteiger partial charge in [0.25, 0.3) is 5.91 Å². The van der Waals surface area contributed by atoms with Crippen LogP contribution in [0.15, 0.2) is 17.8 Å². The number of nitrogens with zero attached hydrogens (tertiary/aromatic N) is 1. The fourth-order valence-corrected chi connectivity index (χ4v) is 2.91. The summed E-state index contributed by atoms with van der Waals surface area (Å²) in [6.45, 7) is 0.234. The van der Waals surface area contributed by atoms with Gasteiger partial charge in [-0.25, -0.2) is 10.3 Å². The number of imide groups is 1. The number of carbonyl (C=O) groups is 3. The monoisotopic (exact) mass is 407 g/mol. The van der Waals surface area contributed by atoms with Crippen LogP contribution in [0.3, 0.4) is 0 Å². The molecule has 1 heterocycles. The van der Waals surface area contributed by atoms with Gasteiger partial charge in [0.2, 0.25) is 11.7 Å². The Morgan fingerprint density at radius 2 is 1.76 bits per heavy atom. The van der Waals surface area contributed by atoms with Crippen LogP contribution >= 0.6 is 0 Å². The third-order valence-electron chi connectivity index (χ3n) is 4.37. The molecule has 1 aromatic rings. The molecule has 0 saturated carbocycles. The van der Waals surface area contributed by atoms with E-state index < -0.39 is 17.8 Å². The number of nitrogens with one attached hydrogen (secondary N) is 2. The molecule has 1 aliphatic heterocycles. The number of rotatable bonds is 10. The third-order valence-corrected chi connectivity index (χ3v) is 4.37. The van der Waals surface area contributed by atoms with Crippen LogP contribution in [0.4, 0.5) is 4.79 Å². The zero-order valence-corrected chi connectivity index (χ0v) is 16.6. The van der Waals surface area contributed by atoms with Gasteiger partial charge >= 0.3 is 6.03 Å². The fourth-order valence-electron chi connectivity index (χ4n) is 2.91. The van der Waals surface area contributed by atoms with Crippen LogP contribution in [0.2, 0.25) is 0 Å². The van der Waals surface area contributed by atoms with Crippen molar-refractivity contribution in [3.8, 4) is 17.2 Å². The van der Waals surface area contributed by atoms with Gasteiger partial charge in [-0.3, -0.25) is 19.7 Å². The van der Waals surface area contributed by atoms with Gasteiger partial charge in [0.15, 0.2) is 11.5 Å². The average Bonchev–Trinajstić information content (AvgIpc) is 2.99. The van der Waals surface area contributed by atoms with E-state index in [1.165, 1.54) is 27.4 Å². The molecule has 2 rings (SSSR count). The highest BCUT2D eigenvalue weighted by atomic mass is 16.5. The first-order valence-electron chi connectivity index (χ1n) is 9.02. The van der Waals surface area contributed by atoms with Gasteiger partial charge in [0.05, 0.1) is 21.3 Å². The minimum absolute atomic E-state index is 0.143. The maximum atomic E-state index is 12.6. The van der Waals surface area contributed by atoms with Crippen molar-refractivity contribution in [3.63, 3.8) is 0 Å². The predicted octanol–water partition coefficient (Wildman–Crippen LogP) is 1.67. The summed E-state index contributed by atoms with van der Waals surface area (Å²) >= 11 is 0. The normalized spacial score (nSPS) is 14.8. The van der Waals surface area contributed by atoms with Gasteiger partial charge < -0.3 is 19.5 Å². The number of methoxy groups -OCH3 is 3. The van der Waals surface area contributed by atoms with Gasteiger partial charge in [-0.1, -0.05) is 6.42 Å². The molecule has 0 aromatic heterocycles. The lowest BCUT2D eigenvalue weighted by Gasteiger charge is -2.13. The van der Waals surface area contributed by atoms with E-state index in [-0.39, 0.29) is 18.7 Å². The molecular weight excluding hydrogens is 382 g/mol. The smallest absolute Gasteiger partial charge is 0.329 e. The Morgan fingerprint density at radius 1 is 1.10 bits per heavy atom. The zero-order valence-electron chi connectivity index (χ0n) is 16.6. The van der Waals surface area contributed by atoms with Crippen LogP contribution in [0.5, 0.6) is 17.2 Å². The second-order valence-electron chi connectivity index (χ2n) is 6.25. The van der Waals surface area contributed by atoms with Crippen molar-refractivity contribution in [2.75, 3.05) is 27.9 Å². The van der Waals surface area contributed by atoms with Gasteiger partial charge in [-0.2, -0.15) is 0 Å². The van der Waals surface area contributed by atoms with Crippen LogP contribution in [-0.2, 0) is 9.59 Å². The zero-order chi connectivity index (χ0) is 21.4. The molecule has 3 N–H and O–H groups in total. The van der Waals surface area contributed by atoms with Gasteiger partial charge in [0, 0.05) is 13.0 Å². The number of hydrogen-bond donors (Lipinski definition) is 3. The van der Waals surface area contributed by atoms with Crippen LogP contribution in [0.25, 0.3) is 6.08 Å². The SMILES string of the molecule is COc1cc(C=C2NC(=O)N(CCCCCC(=O)NO)C2=O)cc(OC)c1OC. The van der Waals surface area contributed by atoms with Crippen molar-refractivity contribution in [2.45, 2.75) is 25.7 Å². The molecule has 0 bridgehead atoms. The highest BCUT2D eigenvalue weighted by molar-refractivity contribution is 6.14. The lowest BCUT2D eigenvalue weighted by atomic mass is 10.1. The van der Waals surface area contributed by atoms with E-state index in [2.05, 4.69) is 5.32 Å². The number of amides is 4.